The van der Waals surface area contributed by atoms with Crippen LogP contribution >= 0.6 is 0 Å². The van der Waals surface area contributed by atoms with Crippen LogP contribution in [0, 0.1) is 0 Å². The van der Waals surface area contributed by atoms with Gasteiger partial charge < -0.3 is 20.9 Å². The molecule has 4 heteroatoms. The molecule has 0 bridgehead atoms. The summed E-state index contributed by atoms with van der Waals surface area (Å²) in [6.07, 6.45) is 2.99. The zero-order chi connectivity index (χ0) is 15.2. The molecule has 0 aliphatic heterocycles. The molecule has 0 spiro atoms. The second-order valence-electron chi connectivity index (χ2n) is 5.01. The van der Waals surface area contributed by atoms with Crippen molar-refractivity contribution in [2.45, 2.75) is 19.3 Å². The molecule has 0 aliphatic rings. The molecule has 0 saturated heterocycles. The molecule has 0 amide bonds. The third-order valence-electron chi connectivity index (χ3n) is 3.53. The maximum absolute atomic E-state index is 5.82. The average molecular weight is 286 g/mol. The van der Waals surface area contributed by atoms with Gasteiger partial charge in [-0.25, -0.2) is 0 Å². The molecule has 0 fully saturated rings. The van der Waals surface area contributed by atoms with Crippen molar-refractivity contribution in [3.63, 3.8) is 0 Å². The summed E-state index contributed by atoms with van der Waals surface area (Å²) < 4.78 is 10.5. The number of benzene rings is 2. The van der Waals surface area contributed by atoms with Crippen molar-refractivity contribution in [2.75, 3.05) is 25.7 Å². The van der Waals surface area contributed by atoms with Gasteiger partial charge >= 0.3 is 0 Å². The highest BCUT2D eigenvalue weighted by Gasteiger charge is 2.03. The Kier molecular flexibility index (Phi) is 4.93. The van der Waals surface area contributed by atoms with Crippen molar-refractivity contribution in [1.29, 1.82) is 0 Å². The van der Waals surface area contributed by atoms with E-state index in [9.17, 15) is 0 Å². The monoisotopic (exact) mass is 286 g/mol. The Balaban J connectivity index is 1.95. The Morgan fingerprint density at radius 3 is 1.57 bits per heavy atom. The quantitative estimate of drug-likeness (QED) is 0.801. The van der Waals surface area contributed by atoms with Gasteiger partial charge in [0.1, 0.15) is 11.5 Å². The highest BCUT2D eigenvalue weighted by Crippen LogP contribution is 2.25. The number of nitrogens with two attached hydrogens (primary N) is 2. The van der Waals surface area contributed by atoms with Gasteiger partial charge in [0.25, 0.3) is 0 Å². The third-order valence-corrected chi connectivity index (χ3v) is 3.53. The second kappa shape index (κ2) is 6.88. The zero-order valence-corrected chi connectivity index (χ0v) is 12.6. The molecule has 4 N–H and O–H groups in total. The van der Waals surface area contributed by atoms with Crippen LogP contribution < -0.4 is 20.9 Å². The highest BCUT2D eigenvalue weighted by atomic mass is 16.5. The van der Waals surface area contributed by atoms with Gasteiger partial charge in [-0.15, -0.1) is 0 Å². The van der Waals surface area contributed by atoms with Crippen LogP contribution in [0.2, 0.25) is 0 Å². The lowest BCUT2D eigenvalue weighted by Gasteiger charge is -2.09. The van der Waals surface area contributed by atoms with Crippen LogP contribution in [0.5, 0.6) is 11.5 Å². The second-order valence-corrected chi connectivity index (χ2v) is 5.01. The van der Waals surface area contributed by atoms with Gasteiger partial charge in [0.15, 0.2) is 0 Å². The van der Waals surface area contributed by atoms with Gasteiger partial charge in [0, 0.05) is 0 Å². The Hall–Kier alpha value is -2.36. The van der Waals surface area contributed by atoms with E-state index in [0.717, 1.165) is 30.8 Å². The summed E-state index contributed by atoms with van der Waals surface area (Å²) in [6, 6.07) is 11.9. The van der Waals surface area contributed by atoms with Crippen LogP contribution in [0.15, 0.2) is 36.4 Å². The van der Waals surface area contributed by atoms with Crippen LogP contribution in [-0.4, -0.2) is 14.2 Å². The van der Waals surface area contributed by atoms with Crippen molar-refractivity contribution < 1.29 is 9.47 Å². The summed E-state index contributed by atoms with van der Waals surface area (Å²) in [5, 5.41) is 0. The summed E-state index contributed by atoms with van der Waals surface area (Å²) in [5.74, 6) is 1.48. The first kappa shape index (κ1) is 15.0. The maximum Gasteiger partial charge on any atom is 0.142 e. The molecule has 0 unspecified atom stereocenters. The lowest BCUT2D eigenvalue weighted by Crippen LogP contribution is -1.97. The van der Waals surface area contributed by atoms with Crippen molar-refractivity contribution in [1.82, 2.24) is 0 Å². The van der Waals surface area contributed by atoms with Crippen molar-refractivity contribution in [3.05, 3.63) is 47.5 Å². The normalized spacial score (nSPS) is 10.4. The van der Waals surface area contributed by atoms with Crippen molar-refractivity contribution in [2.24, 2.45) is 0 Å². The number of rotatable bonds is 6. The number of anilines is 2. The standard InChI is InChI=1S/C17H22N2O2/c1-20-16-10-12(6-8-14(16)18)4-3-5-13-7-9-15(19)17(11-13)21-2/h6-11H,3-5,18-19H2,1-2H3. The third kappa shape index (κ3) is 3.81. The van der Waals surface area contributed by atoms with E-state index in [-0.39, 0.29) is 0 Å². The maximum atomic E-state index is 5.82. The number of hydrogen-bond acceptors (Lipinski definition) is 4. The van der Waals surface area contributed by atoms with E-state index in [1.54, 1.807) is 14.2 Å². The van der Waals surface area contributed by atoms with Gasteiger partial charge in [-0.1, -0.05) is 12.1 Å². The molecule has 0 aromatic heterocycles. The van der Waals surface area contributed by atoms with Crippen molar-refractivity contribution >= 4 is 11.4 Å². The fourth-order valence-electron chi connectivity index (χ4n) is 2.32. The molecule has 21 heavy (non-hydrogen) atoms. The van der Waals surface area contributed by atoms with Crippen LogP contribution in [0.4, 0.5) is 11.4 Å². The summed E-state index contributed by atoms with van der Waals surface area (Å²) in [4.78, 5) is 0. The van der Waals surface area contributed by atoms with E-state index in [1.165, 1.54) is 11.1 Å². The number of aryl methyl sites for hydroxylation is 2. The predicted molar refractivity (Wildman–Crippen MR) is 86.8 cm³/mol. The minimum absolute atomic E-state index is 0.671. The van der Waals surface area contributed by atoms with E-state index < -0.39 is 0 Å². The molecule has 0 aliphatic carbocycles. The first-order valence-corrected chi connectivity index (χ1v) is 6.99. The molecule has 4 nitrogen and oxygen atoms in total. The Bertz CT molecular complexity index is 558. The Labute approximate surface area is 125 Å². The summed E-state index contributed by atoms with van der Waals surface area (Å²) >= 11 is 0. The van der Waals surface area contributed by atoms with Crippen molar-refractivity contribution in [3.8, 4) is 11.5 Å². The molecule has 0 heterocycles. The molecular weight excluding hydrogens is 264 g/mol. The molecule has 2 aromatic carbocycles. The van der Waals surface area contributed by atoms with Gasteiger partial charge in [-0.05, 0) is 54.7 Å². The summed E-state index contributed by atoms with van der Waals surface area (Å²) in [7, 11) is 3.27. The van der Waals surface area contributed by atoms with Gasteiger partial charge in [0.05, 0.1) is 25.6 Å². The Morgan fingerprint density at radius 2 is 1.19 bits per heavy atom. The first-order chi connectivity index (χ1) is 10.1. The number of methoxy groups -OCH3 is 2. The molecule has 2 rings (SSSR count). The zero-order valence-electron chi connectivity index (χ0n) is 12.6. The van der Waals surface area contributed by atoms with Gasteiger partial charge in [0.2, 0.25) is 0 Å². The Morgan fingerprint density at radius 1 is 0.762 bits per heavy atom. The predicted octanol–water partition coefficient (Wildman–Crippen LogP) is 3.04. The largest absolute Gasteiger partial charge is 0.495 e. The molecule has 112 valence electrons. The smallest absolute Gasteiger partial charge is 0.142 e. The average Bonchev–Trinajstić information content (AvgIpc) is 2.50. The van der Waals surface area contributed by atoms with E-state index in [1.807, 2.05) is 36.4 Å². The summed E-state index contributed by atoms with van der Waals surface area (Å²) in [6.45, 7) is 0. The number of nitrogen functional groups attached to an aromatic ring is 2. The van der Waals surface area contributed by atoms with Gasteiger partial charge in [-0.3, -0.25) is 0 Å². The SMILES string of the molecule is COc1cc(CCCc2ccc(N)c(OC)c2)ccc1N. The summed E-state index contributed by atoms with van der Waals surface area (Å²) in [5.41, 5.74) is 15.4. The molecule has 0 radical (unpaired) electrons. The molecule has 0 saturated carbocycles. The number of hydrogen-bond donors (Lipinski definition) is 2. The van der Waals surface area contributed by atoms with E-state index >= 15 is 0 Å². The minimum atomic E-state index is 0.671. The topological polar surface area (TPSA) is 70.5 Å². The van der Waals surface area contributed by atoms with Crippen LogP contribution in [0.25, 0.3) is 0 Å². The van der Waals surface area contributed by atoms with Crippen LogP contribution in [0.1, 0.15) is 17.5 Å². The van der Waals surface area contributed by atoms with Gasteiger partial charge in [-0.2, -0.15) is 0 Å². The van der Waals surface area contributed by atoms with E-state index in [0.29, 0.717) is 11.4 Å². The van der Waals surface area contributed by atoms with Crippen LogP contribution in [0.3, 0.4) is 0 Å². The fraction of sp³-hybridized carbons (Fsp3) is 0.294. The van der Waals surface area contributed by atoms with Crippen LogP contribution in [-0.2, 0) is 12.8 Å². The van der Waals surface area contributed by atoms with E-state index in [4.69, 9.17) is 20.9 Å². The molecule has 0 atom stereocenters. The number of ether oxygens (including phenoxy) is 2. The lowest BCUT2D eigenvalue weighted by molar-refractivity contribution is 0.416. The fourth-order valence-corrected chi connectivity index (χ4v) is 2.32. The molecule has 2 aromatic rings. The highest BCUT2D eigenvalue weighted by molar-refractivity contribution is 5.54. The molecular formula is C17H22N2O2. The van der Waals surface area contributed by atoms with E-state index in [2.05, 4.69) is 0 Å². The minimum Gasteiger partial charge on any atom is -0.495 e. The first-order valence-electron chi connectivity index (χ1n) is 6.99. The lowest BCUT2D eigenvalue weighted by atomic mass is 10.0.